The van der Waals surface area contributed by atoms with Crippen molar-refractivity contribution in [1.29, 1.82) is 0 Å². The van der Waals surface area contributed by atoms with E-state index < -0.39 is 8.32 Å². The van der Waals surface area contributed by atoms with Crippen molar-refractivity contribution in [1.82, 2.24) is 4.90 Å². The van der Waals surface area contributed by atoms with Crippen LogP contribution in [0.5, 0.6) is 0 Å². The van der Waals surface area contributed by atoms with Crippen molar-refractivity contribution in [2.45, 2.75) is 58.7 Å². The molecule has 2 atom stereocenters. The zero-order chi connectivity index (χ0) is 16.3. The summed E-state index contributed by atoms with van der Waals surface area (Å²) < 4.78 is 6.02. The molecular weight excluding hydrogens is 278 g/mol. The van der Waals surface area contributed by atoms with E-state index in [2.05, 4.69) is 52.3 Å². The Hall–Kier alpha value is -0.613. The number of hydrogen-bond acceptors (Lipinski definition) is 3. The average Bonchev–Trinajstić information content (AvgIpc) is 2.85. The van der Waals surface area contributed by atoms with Gasteiger partial charge >= 0.3 is 0 Å². The van der Waals surface area contributed by atoms with E-state index in [-0.39, 0.29) is 22.8 Å². The van der Waals surface area contributed by atoms with E-state index in [1.165, 1.54) is 12.8 Å². The quantitative estimate of drug-likeness (QED) is 0.547. The van der Waals surface area contributed by atoms with Crippen molar-refractivity contribution < 1.29 is 9.22 Å². The number of nitrogens with zero attached hydrogens (tertiary/aromatic N) is 1. The first kappa shape index (κ1) is 18.4. The molecule has 21 heavy (non-hydrogen) atoms. The number of hydrogen-bond donors (Lipinski definition) is 0. The van der Waals surface area contributed by atoms with Crippen LogP contribution in [0.1, 0.15) is 40.5 Å². The summed E-state index contributed by atoms with van der Waals surface area (Å²) in [5.74, 6) is 0.0403. The van der Waals surface area contributed by atoms with Crippen LogP contribution in [0, 0.1) is 11.8 Å². The van der Waals surface area contributed by atoms with Gasteiger partial charge in [0, 0.05) is 6.54 Å². The molecule has 0 saturated carbocycles. The van der Waals surface area contributed by atoms with E-state index in [4.69, 9.17) is 4.43 Å². The molecule has 0 amide bonds. The molecular formula is C17H33NO2Si. The molecule has 1 aliphatic heterocycles. The monoisotopic (exact) mass is 311 g/mol. The summed E-state index contributed by atoms with van der Waals surface area (Å²) in [7, 11) is -2.05. The maximum Gasteiger partial charge on any atom is 0.297 e. The van der Waals surface area contributed by atoms with Crippen LogP contribution in [0.4, 0.5) is 0 Å². The summed E-state index contributed by atoms with van der Waals surface area (Å²) in [5.41, 5.74) is 0. The van der Waals surface area contributed by atoms with Gasteiger partial charge in [-0.1, -0.05) is 33.8 Å². The van der Waals surface area contributed by atoms with Crippen molar-refractivity contribution in [3.05, 3.63) is 12.7 Å². The molecule has 0 radical (unpaired) electrons. The molecule has 0 aromatic rings. The van der Waals surface area contributed by atoms with E-state index in [1.807, 2.05) is 6.08 Å². The van der Waals surface area contributed by atoms with E-state index >= 15 is 0 Å². The molecule has 4 heteroatoms. The van der Waals surface area contributed by atoms with Gasteiger partial charge in [-0.05, 0) is 50.0 Å². The summed E-state index contributed by atoms with van der Waals surface area (Å²) in [6.45, 7) is 19.7. The van der Waals surface area contributed by atoms with Gasteiger partial charge in [-0.2, -0.15) is 0 Å². The molecule has 0 N–H and O–H groups in total. The lowest BCUT2D eigenvalue weighted by Crippen LogP contribution is -2.46. The van der Waals surface area contributed by atoms with Crippen LogP contribution in [0.15, 0.2) is 12.7 Å². The first-order chi connectivity index (χ1) is 9.58. The van der Waals surface area contributed by atoms with Gasteiger partial charge in [-0.15, -0.1) is 6.58 Å². The first-order valence-corrected chi connectivity index (χ1v) is 11.1. The fourth-order valence-corrected chi connectivity index (χ4v) is 3.30. The summed E-state index contributed by atoms with van der Waals surface area (Å²) in [6, 6.07) is 0. The molecule has 1 fully saturated rings. The Morgan fingerprint density at radius 1 is 1.33 bits per heavy atom. The third-order valence-electron chi connectivity index (χ3n) is 5.12. The van der Waals surface area contributed by atoms with Gasteiger partial charge in [0.15, 0.2) is 0 Å². The minimum Gasteiger partial charge on any atom is -0.519 e. The van der Waals surface area contributed by atoms with E-state index in [1.54, 1.807) is 0 Å². The number of rotatable bonds is 6. The lowest BCUT2D eigenvalue weighted by molar-refractivity contribution is -0.141. The van der Waals surface area contributed by atoms with Crippen molar-refractivity contribution in [2.24, 2.45) is 11.8 Å². The Labute approximate surface area is 131 Å². The van der Waals surface area contributed by atoms with Crippen LogP contribution in [-0.2, 0) is 9.22 Å². The van der Waals surface area contributed by atoms with Gasteiger partial charge in [0.2, 0.25) is 0 Å². The summed E-state index contributed by atoms with van der Waals surface area (Å²) >= 11 is 0. The standard InChI is InChI=1S/C17H33NO2Si/c1-8-14(2)15(13-18-11-9-10-12-18)16(19)20-21(6,7)17(3,4)5/h8,14-15H,1,9-13H2,2-7H3. The molecule has 1 heterocycles. The van der Waals surface area contributed by atoms with E-state index in [0.29, 0.717) is 0 Å². The van der Waals surface area contributed by atoms with Gasteiger partial charge in [0.25, 0.3) is 14.3 Å². The predicted molar refractivity (Wildman–Crippen MR) is 91.8 cm³/mol. The average molecular weight is 312 g/mol. The van der Waals surface area contributed by atoms with E-state index in [0.717, 1.165) is 19.6 Å². The van der Waals surface area contributed by atoms with E-state index in [9.17, 15) is 4.79 Å². The van der Waals surface area contributed by atoms with Gasteiger partial charge in [-0.25, -0.2) is 0 Å². The number of allylic oxidation sites excluding steroid dienone is 1. The highest BCUT2D eigenvalue weighted by molar-refractivity contribution is 6.75. The maximum atomic E-state index is 12.7. The minimum absolute atomic E-state index is 0.0270. The molecule has 122 valence electrons. The zero-order valence-electron chi connectivity index (χ0n) is 14.7. The molecule has 0 aliphatic carbocycles. The molecule has 0 aromatic carbocycles. The Bertz CT molecular complexity index is 367. The van der Waals surface area contributed by atoms with Crippen LogP contribution in [0.3, 0.4) is 0 Å². The van der Waals surface area contributed by atoms with Crippen molar-refractivity contribution in [2.75, 3.05) is 19.6 Å². The Morgan fingerprint density at radius 2 is 1.86 bits per heavy atom. The number of carbonyl (C=O) groups is 1. The Kier molecular flexibility index (Phi) is 6.23. The largest absolute Gasteiger partial charge is 0.519 e. The molecule has 1 aliphatic rings. The molecule has 0 spiro atoms. The second-order valence-electron chi connectivity index (χ2n) is 7.89. The predicted octanol–water partition coefficient (Wildman–Crippen LogP) is 4.07. The van der Waals surface area contributed by atoms with Crippen LogP contribution in [0.2, 0.25) is 18.1 Å². The first-order valence-electron chi connectivity index (χ1n) is 8.16. The Morgan fingerprint density at radius 3 is 2.29 bits per heavy atom. The van der Waals surface area contributed by atoms with Gasteiger partial charge in [0.05, 0.1) is 5.92 Å². The topological polar surface area (TPSA) is 29.5 Å². The molecule has 3 nitrogen and oxygen atoms in total. The maximum absolute atomic E-state index is 12.7. The molecule has 0 aromatic heterocycles. The molecule has 0 bridgehead atoms. The Balaban J connectivity index is 2.77. The highest BCUT2D eigenvalue weighted by Gasteiger charge is 2.42. The molecule has 1 saturated heterocycles. The zero-order valence-corrected chi connectivity index (χ0v) is 15.7. The number of carbonyl (C=O) groups excluding carboxylic acids is 1. The highest BCUT2D eigenvalue weighted by atomic mass is 28.4. The second-order valence-corrected chi connectivity index (χ2v) is 12.6. The lowest BCUT2D eigenvalue weighted by Gasteiger charge is -2.37. The normalized spacial score (nSPS) is 20.1. The van der Waals surface area contributed by atoms with Crippen molar-refractivity contribution >= 4 is 14.3 Å². The third kappa shape index (κ3) is 4.96. The summed E-state index contributed by atoms with van der Waals surface area (Å²) in [6.07, 6.45) is 4.37. The van der Waals surface area contributed by atoms with Gasteiger partial charge in [-0.3, -0.25) is 4.79 Å². The van der Waals surface area contributed by atoms with Crippen LogP contribution in [0.25, 0.3) is 0 Å². The summed E-state index contributed by atoms with van der Waals surface area (Å²) in [4.78, 5) is 15.1. The number of likely N-dealkylation sites (tertiary alicyclic amines) is 1. The second kappa shape index (κ2) is 7.10. The van der Waals surface area contributed by atoms with Crippen LogP contribution < -0.4 is 0 Å². The van der Waals surface area contributed by atoms with Crippen molar-refractivity contribution in [3.63, 3.8) is 0 Å². The molecule has 1 rings (SSSR count). The SMILES string of the molecule is C=CC(C)C(CN1CCCC1)C(=O)O[Si](C)(C)C(C)(C)C. The van der Waals surface area contributed by atoms with Gasteiger partial charge < -0.3 is 9.33 Å². The molecule has 2 unspecified atom stereocenters. The fourth-order valence-electron chi connectivity index (χ4n) is 2.34. The lowest BCUT2D eigenvalue weighted by atomic mass is 9.94. The smallest absolute Gasteiger partial charge is 0.297 e. The summed E-state index contributed by atoms with van der Waals surface area (Å²) in [5, 5.41) is 0.0538. The van der Waals surface area contributed by atoms with Crippen LogP contribution >= 0.6 is 0 Å². The van der Waals surface area contributed by atoms with Gasteiger partial charge in [0.1, 0.15) is 0 Å². The third-order valence-corrected chi connectivity index (χ3v) is 9.45. The van der Waals surface area contributed by atoms with Crippen LogP contribution in [-0.4, -0.2) is 38.8 Å². The highest BCUT2D eigenvalue weighted by Crippen LogP contribution is 2.37. The van der Waals surface area contributed by atoms with Crippen molar-refractivity contribution in [3.8, 4) is 0 Å². The fraction of sp³-hybridized carbons (Fsp3) is 0.824. The minimum atomic E-state index is -2.05.